The molecule has 0 atom stereocenters. The summed E-state index contributed by atoms with van der Waals surface area (Å²) in [5, 5.41) is 5.79. The van der Waals surface area contributed by atoms with Crippen LogP contribution in [0.4, 0.5) is 10.8 Å². The van der Waals surface area contributed by atoms with Crippen molar-refractivity contribution in [2.45, 2.75) is 39.5 Å². The van der Waals surface area contributed by atoms with Crippen LogP contribution in [0, 0.1) is 5.92 Å². The molecule has 1 N–H and O–H groups in total. The molecule has 26 heavy (non-hydrogen) atoms. The Kier molecular flexibility index (Phi) is 5.08. The maximum atomic E-state index is 12.9. The summed E-state index contributed by atoms with van der Waals surface area (Å²) in [4.78, 5) is 30.8. The van der Waals surface area contributed by atoms with Crippen molar-refractivity contribution in [2.75, 3.05) is 16.8 Å². The van der Waals surface area contributed by atoms with Gasteiger partial charge in [0, 0.05) is 39.5 Å². The van der Waals surface area contributed by atoms with Crippen LogP contribution in [0.15, 0.2) is 23.6 Å². The van der Waals surface area contributed by atoms with Crippen molar-refractivity contribution in [3.05, 3.63) is 39.9 Å². The first kappa shape index (κ1) is 18.9. The van der Waals surface area contributed by atoms with Crippen LogP contribution in [0.2, 0.25) is 5.02 Å². The van der Waals surface area contributed by atoms with Crippen LogP contribution in [-0.4, -0.2) is 23.3 Å². The summed E-state index contributed by atoms with van der Waals surface area (Å²) in [6, 6.07) is 5.66. The molecule has 138 valence electrons. The van der Waals surface area contributed by atoms with Gasteiger partial charge in [-0.3, -0.25) is 9.59 Å². The van der Waals surface area contributed by atoms with Crippen LogP contribution in [0.1, 0.15) is 39.0 Å². The largest absolute Gasteiger partial charge is 0.311 e. The van der Waals surface area contributed by atoms with Gasteiger partial charge in [0.05, 0.1) is 12.1 Å². The number of anilines is 2. The number of carbonyl (C=O) groups is 2. The van der Waals surface area contributed by atoms with Crippen LogP contribution in [0.5, 0.6) is 0 Å². The fourth-order valence-corrected chi connectivity index (χ4v) is 4.27. The summed E-state index contributed by atoms with van der Waals surface area (Å²) in [7, 11) is 0. The van der Waals surface area contributed by atoms with Crippen LogP contribution < -0.4 is 10.2 Å². The second-order valence-corrected chi connectivity index (χ2v) is 8.73. The van der Waals surface area contributed by atoms with Gasteiger partial charge in [-0.2, -0.15) is 0 Å². The molecule has 0 unspecified atom stereocenters. The van der Waals surface area contributed by atoms with Crippen LogP contribution in [0.25, 0.3) is 0 Å². The molecular formula is C19H22ClN3O2S. The Balaban J connectivity index is 1.75. The van der Waals surface area contributed by atoms with Gasteiger partial charge in [-0.05, 0) is 12.1 Å². The zero-order valence-electron chi connectivity index (χ0n) is 15.3. The SMILES string of the molecule is CC(C)C(=O)Nc1nc(CC(=O)N2CC(C)(C)c3c(Cl)cccc32)cs1. The van der Waals surface area contributed by atoms with E-state index in [1.165, 1.54) is 11.3 Å². The molecule has 0 saturated carbocycles. The Hall–Kier alpha value is -1.92. The van der Waals surface area contributed by atoms with Gasteiger partial charge in [-0.1, -0.05) is 45.4 Å². The molecule has 1 aliphatic heterocycles. The fourth-order valence-electron chi connectivity index (χ4n) is 3.14. The van der Waals surface area contributed by atoms with E-state index >= 15 is 0 Å². The molecule has 0 aliphatic carbocycles. The Bertz CT molecular complexity index is 860. The number of thiazole rings is 1. The molecule has 1 aromatic heterocycles. The number of fused-ring (bicyclic) bond motifs is 1. The maximum absolute atomic E-state index is 12.9. The van der Waals surface area contributed by atoms with Gasteiger partial charge in [0.25, 0.3) is 0 Å². The van der Waals surface area contributed by atoms with E-state index in [-0.39, 0.29) is 29.6 Å². The molecule has 7 heteroatoms. The number of nitrogens with one attached hydrogen (secondary N) is 1. The minimum absolute atomic E-state index is 0.0221. The molecule has 1 aromatic carbocycles. The molecule has 0 fully saturated rings. The maximum Gasteiger partial charge on any atom is 0.233 e. The Morgan fingerprint density at radius 3 is 2.81 bits per heavy atom. The van der Waals surface area contributed by atoms with Gasteiger partial charge in [0.15, 0.2) is 5.13 Å². The quantitative estimate of drug-likeness (QED) is 0.847. The first-order valence-corrected chi connectivity index (χ1v) is 9.79. The van der Waals surface area contributed by atoms with Crippen molar-refractivity contribution in [1.82, 2.24) is 4.98 Å². The summed E-state index contributed by atoms with van der Waals surface area (Å²) < 4.78 is 0. The van der Waals surface area contributed by atoms with Crippen molar-refractivity contribution in [1.29, 1.82) is 0 Å². The second kappa shape index (κ2) is 7.00. The third-order valence-electron chi connectivity index (χ3n) is 4.45. The highest BCUT2D eigenvalue weighted by Crippen LogP contribution is 2.44. The number of hydrogen-bond donors (Lipinski definition) is 1. The standard InChI is InChI=1S/C19H22ClN3O2S/c1-11(2)17(25)22-18-21-12(9-26-18)8-15(24)23-10-19(3,4)16-13(20)6-5-7-14(16)23/h5-7,9,11H,8,10H2,1-4H3,(H,21,22,25). The molecule has 2 amide bonds. The number of rotatable bonds is 4. The van der Waals surface area contributed by atoms with Gasteiger partial charge >= 0.3 is 0 Å². The highest BCUT2D eigenvalue weighted by atomic mass is 35.5. The van der Waals surface area contributed by atoms with Crippen LogP contribution in [0.3, 0.4) is 0 Å². The number of hydrogen-bond acceptors (Lipinski definition) is 4. The highest BCUT2D eigenvalue weighted by Gasteiger charge is 2.39. The van der Waals surface area contributed by atoms with Crippen molar-refractivity contribution >= 4 is 45.6 Å². The minimum atomic E-state index is -0.193. The van der Waals surface area contributed by atoms with E-state index < -0.39 is 0 Å². The summed E-state index contributed by atoms with van der Waals surface area (Å²) >= 11 is 7.71. The average molecular weight is 392 g/mol. The zero-order valence-corrected chi connectivity index (χ0v) is 16.9. The summed E-state index contributed by atoms with van der Waals surface area (Å²) in [5.41, 5.74) is 2.35. The summed E-state index contributed by atoms with van der Waals surface area (Å²) in [6.07, 6.45) is 0.191. The zero-order chi connectivity index (χ0) is 19.1. The molecule has 0 radical (unpaired) electrons. The molecule has 3 rings (SSSR count). The summed E-state index contributed by atoms with van der Waals surface area (Å²) in [5.74, 6) is -0.217. The van der Waals surface area contributed by atoms with Crippen LogP contribution >= 0.6 is 22.9 Å². The average Bonchev–Trinajstić information content (AvgIpc) is 3.10. The van der Waals surface area contributed by atoms with Crippen LogP contribution in [-0.2, 0) is 21.4 Å². The second-order valence-electron chi connectivity index (χ2n) is 7.46. The molecule has 0 spiro atoms. The molecule has 0 bridgehead atoms. The first-order chi connectivity index (χ1) is 12.2. The lowest BCUT2D eigenvalue weighted by atomic mass is 9.87. The molecule has 2 aromatic rings. The number of halogens is 1. The third-order valence-corrected chi connectivity index (χ3v) is 5.57. The number of carbonyl (C=O) groups excluding carboxylic acids is 2. The predicted octanol–water partition coefficient (Wildman–Crippen LogP) is 4.26. The number of aromatic nitrogens is 1. The van der Waals surface area contributed by atoms with E-state index in [2.05, 4.69) is 24.1 Å². The van der Waals surface area contributed by atoms with Gasteiger partial charge in [0.2, 0.25) is 11.8 Å². The molecule has 1 aliphatic rings. The minimum Gasteiger partial charge on any atom is -0.311 e. The van der Waals surface area contributed by atoms with Gasteiger partial charge in [0.1, 0.15) is 0 Å². The number of nitrogens with zero attached hydrogens (tertiary/aromatic N) is 2. The van der Waals surface area contributed by atoms with Gasteiger partial charge < -0.3 is 10.2 Å². The van der Waals surface area contributed by atoms with Crippen molar-refractivity contribution in [3.63, 3.8) is 0 Å². The predicted molar refractivity (Wildman–Crippen MR) is 106 cm³/mol. The van der Waals surface area contributed by atoms with E-state index in [4.69, 9.17) is 11.6 Å². The molecule has 0 saturated heterocycles. The third kappa shape index (κ3) is 3.62. The van der Waals surface area contributed by atoms with E-state index in [0.29, 0.717) is 22.4 Å². The lowest BCUT2D eigenvalue weighted by molar-refractivity contribution is -0.119. The number of amides is 2. The topological polar surface area (TPSA) is 62.3 Å². The van der Waals surface area contributed by atoms with E-state index in [1.807, 2.05) is 37.4 Å². The lowest BCUT2D eigenvalue weighted by Crippen LogP contribution is -2.35. The molecule has 2 heterocycles. The smallest absolute Gasteiger partial charge is 0.233 e. The first-order valence-electron chi connectivity index (χ1n) is 8.53. The van der Waals surface area contributed by atoms with E-state index in [0.717, 1.165) is 11.3 Å². The van der Waals surface area contributed by atoms with Crippen molar-refractivity contribution < 1.29 is 9.59 Å². The van der Waals surface area contributed by atoms with E-state index in [1.54, 1.807) is 4.90 Å². The highest BCUT2D eigenvalue weighted by molar-refractivity contribution is 7.13. The van der Waals surface area contributed by atoms with Gasteiger partial charge in [-0.15, -0.1) is 11.3 Å². The van der Waals surface area contributed by atoms with Crippen molar-refractivity contribution in [3.8, 4) is 0 Å². The Labute approximate surface area is 162 Å². The molecular weight excluding hydrogens is 370 g/mol. The molecule has 5 nitrogen and oxygen atoms in total. The van der Waals surface area contributed by atoms with Gasteiger partial charge in [-0.25, -0.2) is 4.98 Å². The normalized spacial score (nSPS) is 15.2. The Morgan fingerprint density at radius 2 is 2.12 bits per heavy atom. The van der Waals surface area contributed by atoms with E-state index in [9.17, 15) is 9.59 Å². The van der Waals surface area contributed by atoms with Crippen molar-refractivity contribution in [2.24, 2.45) is 5.92 Å². The summed E-state index contributed by atoms with van der Waals surface area (Å²) in [6.45, 7) is 8.42. The number of benzene rings is 1. The lowest BCUT2D eigenvalue weighted by Gasteiger charge is -2.20. The fraction of sp³-hybridized carbons (Fsp3) is 0.421. The monoisotopic (exact) mass is 391 g/mol. The Morgan fingerprint density at radius 1 is 1.38 bits per heavy atom.